The zero-order valence-electron chi connectivity index (χ0n) is 19.3. The summed E-state index contributed by atoms with van der Waals surface area (Å²) in [6.45, 7) is -0.396. The molecule has 4 rings (SSSR count). The molecule has 3 aromatic carbocycles. The Morgan fingerprint density at radius 1 is 1.00 bits per heavy atom. The van der Waals surface area contributed by atoms with E-state index in [9.17, 15) is 24.5 Å². The second-order valence-electron chi connectivity index (χ2n) is 7.99. The molecule has 10 nitrogen and oxygen atoms in total. The van der Waals surface area contributed by atoms with Crippen molar-refractivity contribution in [3.63, 3.8) is 0 Å². The largest absolute Gasteiger partial charge is 0.493 e. The van der Waals surface area contributed by atoms with Gasteiger partial charge < -0.3 is 19.1 Å². The minimum Gasteiger partial charge on any atom is -0.493 e. The fraction of sp³-hybridized carbons (Fsp3) is 0.192. The van der Waals surface area contributed by atoms with Gasteiger partial charge in [-0.05, 0) is 48.5 Å². The highest BCUT2D eigenvalue weighted by molar-refractivity contribution is 6.01. The highest BCUT2D eigenvalue weighted by atomic mass is 16.6. The number of non-ortho nitro benzene ring substituents is 1. The van der Waals surface area contributed by atoms with Crippen LogP contribution in [0.1, 0.15) is 16.8 Å². The van der Waals surface area contributed by atoms with E-state index in [-0.39, 0.29) is 30.1 Å². The van der Waals surface area contributed by atoms with E-state index in [2.05, 4.69) is 0 Å². The molecule has 1 unspecified atom stereocenters. The van der Waals surface area contributed by atoms with Crippen molar-refractivity contribution in [1.82, 2.24) is 0 Å². The SMILES string of the molecule is COc1ccccc1Oc1ccc(N2CC(C(=O)OCC(=O)c3ccc([N+](=O)[O-])cc3)CC2=O)cc1. The van der Waals surface area contributed by atoms with E-state index in [1.54, 1.807) is 43.5 Å². The number of methoxy groups -OCH3 is 1. The van der Waals surface area contributed by atoms with E-state index in [1.807, 2.05) is 12.1 Å². The average molecular weight is 490 g/mol. The average Bonchev–Trinajstić information content (AvgIpc) is 3.29. The molecule has 184 valence electrons. The van der Waals surface area contributed by atoms with Crippen LogP contribution in [0.15, 0.2) is 72.8 Å². The number of hydrogen-bond donors (Lipinski definition) is 0. The number of carbonyl (C=O) groups is 3. The van der Waals surface area contributed by atoms with Gasteiger partial charge in [-0.15, -0.1) is 0 Å². The van der Waals surface area contributed by atoms with Gasteiger partial charge in [0.2, 0.25) is 5.91 Å². The summed E-state index contributed by atoms with van der Waals surface area (Å²) in [5.74, 6) is -0.414. The molecular formula is C26H22N2O8. The number of anilines is 1. The monoisotopic (exact) mass is 490 g/mol. The smallest absolute Gasteiger partial charge is 0.311 e. The highest BCUT2D eigenvalue weighted by Gasteiger charge is 2.36. The lowest BCUT2D eigenvalue weighted by molar-refractivity contribution is -0.384. The van der Waals surface area contributed by atoms with E-state index in [4.69, 9.17) is 14.2 Å². The number of rotatable bonds is 9. The van der Waals surface area contributed by atoms with Crippen LogP contribution in [0.4, 0.5) is 11.4 Å². The predicted molar refractivity (Wildman–Crippen MR) is 128 cm³/mol. The third-order valence-electron chi connectivity index (χ3n) is 5.65. The maximum Gasteiger partial charge on any atom is 0.311 e. The number of benzene rings is 3. The van der Waals surface area contributed by atoms with Crippen LogP contribution in [-0.2, 0) is 14.3 Å². The van der Waals surface area contributed by atoms with Gasteiger partial charge in [-0.2, -0.15) is 0 Å². The second-order valence-corrected chi connectivity index (χ2v) is 7.99. The molecule has 0 aliphatic carbocycles. The molecule has 0 aromatic heterocycles. The first-order valence-electron chi connectivity index (χ1n) is 11.0. The fourth-order valence-electron chi connectivity index (χ4n) is 3.75. The normalized spacial score (nSPS) is 14.9. The third kappa shape index (κ3) is 5.49. The number of esters is 1. The van der Waals surface area contributed by atoms with Gasteiger partial charge >= 0.3 is 5.97 Å². The van der Waals surface area contributed by atoms with Crippen molar-refractivity contribution < 1.29 is 33.5 Å². The molecular weight excluding hydrogens is 468 g/mol. The van der Waals surface area contributed by atoms with Crippen molar-refractivity contribution in [3.05, 3.63) is 88.5 Å². The van der Waals surface area contributed by atoms with Crippen LogP contribution in [0.2, 0.25) is 0 Å². The summed E-state index contributed by atoms with van der Waals surface area (Å²) in [5.41, 5.74) is 0.644. The second kappa shape index (κ2) is 10.7. The topological polar surface area (TPSA) is 125 Å². The van der Waals surface area contributed by atoms with Gasteiger partial charge in [0.15, 0.2) is 23.9 Å². The number of carbonyl (C=O) groups excluding carboxylic acids is 3. The first-order chi connectivity index (χ1) is 17.4. The molecule has 0 spiro atoms. The van der Waals surface area contributed by atoms with Crippen LogP contribution in [0.3, 0.4) is 0 Å². The quantitative estimate of drug-likeness (QED) is 0.189. The van der Waals surface area contributed by atoms with Crippen LogP contribution < -0.4 is 14.4 Å². The Hall–Kier alpha value is -4.73. The van der Waals surface area contributed by atoms with Crippen molar-refractivity contribution in [3.8, 4) is 17.2 Å². The van der Waals surface area contributed by atoms with Gasteiger partial charge in [0.05, 0.1) is 18.0 Å². The van der Waals surface area contributed by atoms with Gasteiger partial charge in [-0.3, -0.25) is 24.5 Å². The molecule has 36 heavy (non-hydrogen) atoms. The van der Waals surface area contributed by atoms with Crippen LogP contribution in [0.5, 0.6) is 17.2 Å². The first-order valence-corrected chi connectivity index (χ1v) is 11.0. The lowest BCUT2D eigenvalue weighted by atomic mass is 10.1. The van der Waals surface area contributed by atoms with E-state index in [0.717, 1.165) is 0 Å². The van der Waals surface area contributed by atoms with Crippen LogP contribution >= 0.6 is 0 Å². The number of ether oxygens (including phenoxy) is 3. The summed E-state index contributed by atoms with van der Waals surface area (Å²) in [5, 5.41) is 10.7. The summed E-state index contributed by atoms with van der Waals surface area (Å²) < 4.78 is 16.2. The Labute approximate surface area is 206 Å². The number of nitro benzene ring substituents is 1. The number of nitro groups is 1. The van der Waals surface area contributed by atoms with Crippen LogP contribution in [0.25, 0.3) is 0 Å². The van der Waals surface area contributed by atoms with E-state index >= 15 is 0 Å². The number of para-hydroxylation sites is 2. The predicted octanol–water partition coefficient (Wildman–Crippen LogP) is 4.17. The lowest BCUT2D eigenvalue weighted by Gasteiger charge is -2.17. The Balaban J connectivity index is 1.33. The molecule has 0 saturated carbocycles. The molecule has 1 amide bonds. The standard InChI is InChI=1S/C26H22N2O8/c1-34-23-4-2-3-5-24(23)36-21-12-10-19(11-13-21)27-15-18(14-25(27)30)26(31)35-16-22(29)17-6-8-20(9-7-17)28(32)33/h2-13,18H,14-16H2,1H3. The molecule has 0 N–H and O–H groups in total. The summed E-state index contributed by atoms with van der Waals surface area (Å²) in [6.07, 6.45) is -0.0377. The summed E-state index contributed by atoms with van der Waals surface area (Å²) in [4.78, 5) is 48.9. The maximum absolute atomic E-state index is 12.5. The molecule has 1 aliphatic rings. The highest BCUT2D eigenvalue weighted by Crippen LogP contribution is 2.33. The minimum atomic E-state index is -0.716. The molecule has 1 aliphatic heterocycles. The van der Waals surface area contributed by atoms with Crippen LogP contribution in [-0.4, -0.2) is 42.8 Å². The Kier molecular flexibility index (Phi) is 7.24. The number of amides is 1. The lowest BCUT2D eigenvalue weighted by Crippen LogP contribution is -2.27. The van der Waals surface area contributed by atoms with Crippen molar-refractivity contribution >= 4 is 29.0 Å². The number of ketones is 1. The molecule has 1 atom stereocenters. The Morgan fingerprint density at radius 3 is 2.31 bits per heavy atom. The molecule has 1 saturated heterocycles. The summed E-state index contributed by atoms with van der Waals surface area (Å²) >= 11 is 0. The van der Waals surface area contributed by atoms with E-state index in [0.29, 0.717) is 22.9 Å². The van der Waals surface area contributed by atoms with Gasteiger partial charge in [-0.1, -0.05) is 12.1 Å². The molecule has 0 bridgehead atoms. The Morgan fingerprint density at radius 2 is 1.67 bits per heavy atom. The number of Topliss-reactive ketones (excluding diaryl/α,β-unsaturated/α-hetero) is 1. The van der Waals surface area contributed by atoms with Crippen molar-refractivity contribution in [2.45, 2.75) is 6.42 Å². The fourth-order valence-corrected chi connectivity index (χ4v) is 3.75. The molecule has 0 radical (unpaired) electrons. The summed E-state index contributed by atoms with van der Waals surface area (Å²) in [6, 6.07) is 19.1. The van der Waals surface area contributed by atoms with Gasteiger partial charge in [0.1, 0.15) is 5.75 Å². The van der Waals surface area contributed by atoms with Crippen molar-refractivity contribution in [1.29, 1.82) is 0 Å². The third-order valence-corrected chi connectivity index (χ3v) is 5.65. The van der Waals surface area contributed by atoms with Gasteiger partial charge in [0, 0.05) is 36.3 Å². The molecule has 1 heterocycles. The summed E-state index contributed by atoms with van der Waals surface area (Å²) in [7, 11) is 1.55. The van der Waals surface area contributed by atoms with Gasteiger partial charge in [0.25, 0.3) is 5.69 Å². The molecule has 10 heteroatoms. The van der Waals surface area contributed by atoms with Crippen molar-refractivity contribution in [2.75, 3.05) is 25.2 Å². The van der Waals surface area contributed by atoms with E-state index < -0.39 is 29.2 Å². The number of nitrogens with zero attached hydrogens (tertiary/aromatic N) is 2. The Bertz CT molecular complexity index is 1290. The van der Waals surface area contributed by atoms with Gasteiger partial charge in [-0.25, -0.2) is 0 Å². The maximum atomic E-state index is 12.5. The number of hydrogen-bond acceptors (Lipinski definition) is 8. The zero-order chi connectivity index (χ0) is 25.7. The molecule has 3 aromatic rings. The van der Waals surface area contributed by atoms with E-state index in [1.165, 1.54) is 29.2 Å². The zero-order valence-corrected chi connectivity index (χ0v) is 19.3. The van der Waals surface area contributed by atoms with Crippen molar-refractivity contribution in [2.24, 2.45) is 5.92 Å². The minimum absolute atomic E-state index is 0.0377. The molecule has 1 fully saturated rings. The van der Waals surface area contributed by atoms with Crippen LogP contribution in [0, 0.1) is 16.0 Å². The first kappa shape index (κ1) is 24.4.